The lowest BCUT2D eigenvalue weighted by atomic mass is 9.90. The number of thiocarbonyl (C=S) groups is 1. The summed E-state index contributed by atoms with van der Waals surface area (Å²) in [6.45, 7) is 12.0. The van der Waals surface area contributed by atoms with Gasteiger partial charge in [-0.1, -0.05) is 45.9 Å². The zero-order valence-corrected chi connectivity index (χ0v) is 18.6. The molecule has 2 aliphatic rings. The van der Waals surface area contributed by atoms with E-state index in [0.717, 1.165) is 36.9 Å². The molecule has 0 bridgehead atoms. The van der Waals surface area contributed by atoms with Gasteiger partial charge in [0.1, 0.15) is 6.10 Å². The van der Waals surface area contributed by atoms with Crippen molar-refractivity contribution in [2.75, 3.05) is 19.6 Å². The van der Waals surface area contributed by atoms with Gasteiger partial charge in [-0.2, -0.15) is 0 Å². The first-order chi connectivity index (χ1) is 13.5. The fourth-order valence-corrected chi connectivity index (χ4v) is 4.16. The molecule has 4 nitrogen and oxygen atoms in total. The Morgan fingerprint density at radius 1 is 1.18 bits per heavy atom. The number of rotatable bonds is 6. The molecule has 5 heteroatoms. The van der Waals surface area contributed by atoms with Gasteiger partial charge in [-0.05, 0) is 66.9 Å². The fraction of sp³-hybridized carbons (Fsp3) is 0.609. The molecule has 1 unspecified atom stereocenters. The molecule has 1 saturated heterocycles. The van der Waals surface area contributed by atoms with Crippen LogP contribution in [0.1, 0.15) is 81.9 Å². The summed E-state index contributed by atoms with van der Waals surface area (Å²) < 4.78 is 0. The van der Waals surface area contributed by atoms with E-state index >= 15 is 0 Å². The van der Waals surface area contributed by atoms with E-state index in [1.807, 2.05) is 0 Å². The molecule has 0 spiro atoms. The van der Waals surface area contributed by atoms with Crippen LogP contribution in [0.15, 0.2) is 24.3 Å². The number of hydroxylamine groups is 1. The summed E-state index contributed by atoms with van der Waals surface area (Å²) in [5.41, 5.74) is 8.25. The van der Waals surface area contributed by atoms with Crippen LogP contribution in [-0.2, 0) is 4.84 Å². The predicted octanol–water partition coefficient (Wildman–Crippen LogP) is 4.93. The highest BCUT2D eigenvalue weighted by Gasteiger charge is 2.21. The Labute approximate surface area is 175 Å². The van der Waals surface area contributed by atoms with Gasteiger partial charge in [0.2, 0.25) is 0 Å². The first-order valence-electron chi connectivity index (χ1n) is 10.8. The van der Waals surface area contributed by atoms with Crippen LogP contribution < -0.4 is 10.8 Å². The molecule has 0 radical (unpaired) electrons. The van der Waals surface area contributed by atoms with E-state index in [2.05, 4.69) is 67.7 Å². The van der Waals surface area contributed by atoms with Gasteiger partial charge in [0.05, 0.1) is 5.70 Å². The summed E-state index contributed by atoms with van der Waals surface area (Å²) in [6.07, 6.45) is 6.99. The van der Waals surface area contributed by atoms with Gasteiger partial charge < -0.3 is 10.2 Å². The van der Waals surface area contributed by atoms with E-state index in [1.165, 1.54) is 36.0 Å². The summed E-state index contributed by atoms with van der Waals surface area (Å²) in [5.74, 6) is 1.01. The Balaban J connectivity index is 1.58. The minimum absolute atomic E-state index is 0.0662. The quantitative estimate of drug-likeness (QED) is 0.661. The van der Waals surface area contributed by atoms with E-state index in [4.69, 9.17) is 17.1 Å². The molecule has 2 aliphatic heterocycles. The minimum atomic E-state index is 0.0662. The molecule has 0 amide bonds. The number of nitrogens with zero attached hydrogens (tertiary/aromatic N) is 1. The summed E-state index contributed by atoms with van der Waals surface area (Å²) in [5, 5.41) is 4.29. The third-order valence-electron chi connectivity index (χ3n) is 5.68. The number of piperidine rings is 1. The second-order valence-electron chi connectivity index (χ2n) is 8.56. The zero-order valence-electron chi connectivity index (χ0n) is 17.8. The molecule has 0 aliphatic carbocycles. The molecule has 28 heavy (non-hydrogen) atoms. The number of benzene rings is 1. The van der Waals surface area contributed by atoms with Crippen molar-refractivity contribution < 1.29 is 4.84 Å². The summed E-state index contributed by atoms with van der Waals surface area (Å²) >= 11 is 5.54. The van der Waals surface area contributed by atoms with Crippen molar-refractivity contribution in [2.24, 2.45) is 0 Å². The Morgan fingerprint density at radius 2 is 1.93 bits per heavy atom. The topological polar surface area (TPSA) is 36.5 Å². The first kappa shape index (κ1) is 21.1. The number of likely N-dealkylation sites (tertiary alicyclic amines) is 1. The molecular formula is C23H35N3OS. The molecule has 2 N–H and O–H groups in total. The van der Waals surface area contributed by atoms with Gasteiger partial charge in [0.15, 0.2) is 5.11 Å². The Morgan fingerprint density at radius 3 is 2.61 bits per heavy atom. The number of nitrogens with one attached hydrogen (secondary N) is 2. The molecule has 154 valence electrons. The van der Waals surface area contributed by atoms with Crippen LogP contribution in [0.5, 0.6) is 0 Å². The SMILES string of the molecule is CC(C)c1ccc(C2=CC(CCNC(=S)N3CCCCC3)ON2)c(C(C)C)c1. The zero-order chi connectivity index (χ0) is 20.1. The van der Waals surface area contributed by atoms with Crippen LogP contribution in [0.3, 0.4) is 0 Å². The Hall–Kier alpha value is -1.59. The number of hydrogen-bond donors (Lipinski definition) is 2. The normalized spacial score (nSPS) is 19.7. The van der Waals surface area contributed by atoms with Crippen molar-refractivity contribution in [1.82, 2.24) is 15.7 Å². The Kier molecular flexibility index (Phi) is 7.36. The third-order valence-corrected chi connectivity index (χ3v) is 6.08. The van der Waals surface area contributed by atoms with Gasteiger partial charge in [-0.3, -0.25) is 10.3 Å². The molecule has 1 aromatic carbocycles. The standard InChI is InChI=1S/C23H35N3OS/c1-16(2)18-8-9-20(21(14-18)17(3)4)22-15-19(27-25-22)10-11-24-23(28)26-12-6-5-7-13-26/h8-9,14-17,19,25H,5-7,10-13H2,1-4H3,(H,24,28). The van der Waals surface area contributed by atoms with Crippen molar-refractivity contribution in [2.45, 2.75) is 71.3 Å². The van der Waals surface area contributed by atoms with Crippen molar-refractivity contribution in [1.29, 1.82) is 0 Å². The molecule has 1 fully saturated rings. The van der Waals surface area contributed by atoms with Crippen molar-refractivity contribution in [3.05, 3.63) is 41.0 Å². The van der Waals surface area contributed by atoms with Crippen molar-refractivity contribution >= 4 is 23.0 Å². The number of hydrogen-bond acceptors (Lipinski definition) is 3. The molecule has 1 atom stereocenters. The van der Waals surface area contributed by atoms with Gasteiger partial charge in [0, 0.05) is 25.2 Å². The van der Waals surface area contributed by atoms with E-state index in [0.29, 0.717) is 11.8 Å². The maximum absolute atomic E-state index is 5.82. The maximum atomic E-state index is 5.82. The second-order valence-corrected chi connectivity index (χ2v) is 8.95. The second kappa shape index (κ2) is 9.75. The van der Waals surface area contributed by atoms with Gasteiger partial charge in [-0.15, -0.1) is 0 Å². The molecule has 0 aromatic heterocycles. The molecule has 1 aromatic rings. The van der Waals surface area contributed by atoms with Crippen LogP contribution in [0.25, 0.3) is 5.70 Å². The lowest BCUT2D eigenvalue weighted by Crippen LogP contribution is -2.43. The maximum Gasteiger partial charge on any atom is 0.168 e. The highest BCUT2D eigenvalue weighted by atomic mass is 32.1. The van der Waals surface area contributed by atoms with Gasteiger partial charge >= 0.3 is 0 Å². The van der Waals surface area contributed by atoms with Crippen molar-refractivity contribution in [3.8, 4) is 0 Å². The van der Waals surface area contributed by atoms with Crippen LogP contribution in [0, 0.1) is 0 Å². The predicted molar refractivity (Wildman–Crippen MR) is 121 cm³/mol. The molecule has 3 rings (SSSR count). The summed E-state index contributed by atoms with van der Waals surface area (Å²) in [7, 11) is 0. The highest BCUT2D eigenvalue weighted by molar-refractivity contribution is 7.80. The molecule has 0 saturated carbocycles. The van der Waals surface area contributed by atoms with Crippen LogP contribution in [0.2, 0.25) is 0 Å². The van der Waals surface area contributed by atoms with E-state index < -0.39 is 0 Å². The van der Waals surface area contributed by atoms with Crippen LogP contribution in [0.4, 0.5) is 0 Å². The van der Waals surface area contributed by atoms with Gasteiger partial charge in [0.25, 0.3) is 0 Å². The average molecular weight is 402 g/mol. The van der Waals surface area contributed by atoms with E-state index in [-0.39, 0.29) is 6.10 Å². The monoisotopic (exact) mass is 401 g/mol. The van der Waals surface area contributed by atoms with Crippen LogP contribution >= 0.6 is 12.2 Å². The molecule has 2 heterocycles. The lowest BCUT2D eigenvalue weighted by Gasteiger charge is -2.29. The minimum Gasteiger partial charge on any atom is -0.362 e. The van der Waals surface area contributed by atoms with E-state index in [9.17, 15) is 0 Å². The summed E-state index contributed by atoms with van der Waals surface area (Å²) in [4.78, 5) is 8.11. The smallest absolute Gasteiger partial charge is 0.168 e. The third kappa shape index (κ3) is 5.26. The largest absolute Gasteiger partial charge is 0.362 e. The summed E-state index contributed by atoms with van der Waals surface area (Å²) in [6, 6.07) is 6.82. The van der Waals surface area contributed by atoms with Crippen molar-refractivity contribution in [3.63, 3.8) is 0 Å². The highest BCUT2D eigenvalue weighted by Crippen LogP contribution is 2.30. The average Bonchev–Trinajstić information content (AvgIpc) is 3.16. The van der Waals surface area contributed by atoms with Crippen LogP contribution in [-0.4, -0.2) is 35.8 Å². The van der Waals surface area contributed by atoms with Gasteiger partial charge in [-0.25, -0.2) is 0 Å². The molecular weight excluding hydrogens is 366 g/mol. The lowest BCUT2D eigenvalue weighted by molar-refractivity contribution is 0.0475. The Bertz CT molecular complexity index is 708. The first-order valence-corrected chi connectivity index (χ1v) is 11.2. The fourth-order valence-electron chi connectivity index (χ4n) is 3.87. The van der Waals surface area contributed by atoms with E-state index in [1.54, 1.807) is 0 Å².